The highest BCUT2D eigenvalue weighted by Crippen LogP contribution is 2.35. The molecule has 47 heavy (non-hydrogen) atoms. The van der Waals surface area contributed by atoms with Crippen molar-refractivity contribution in [3.8, 4) is 0 Å². The molecule has 0 radical (unpaired) electrons. The Balaban J connectivity index is 2.05. The van der Waals surface area contributed by atoms with Gasteiger partial charge in [-0.25, -0.2) is 9.59 Å². The summed E-state index contributed by atoms with van der Waals surface area (Å²) in [6.45, 7) is 7.44. The van der Waals surface area contributed by atoms with Crippen molar-refractivity contribution in [3.05, 3.63) is 68.7 Å². The van der Waals surface area contributed by atoms with Crippen LogP contribution in [0.15, 0.2) is 46.1 Å². The maximum atomic E-state index is 14.3. The lowest BCUT2D eigenvalue weighted by Crippen LogP contribution is -2.57. The van der Waals surface area contributed by atoms with Crippen molar-refractivity contribution in [1.82, 2.24) is 20.2 Å². The average Bonchev–Trinajstić information content (AvgIpc) is 3.27. The van der Waals surface area contributed by atoms with Crippen molar-refractivity contribution in [3.63, 3.8) is 0 Å². The number of aromatic nitrogens is 2. The van der Waals surface area contributed by atoms with Crippen LogP contribution in [0.4, 0.5) is 9.18 Å². The second-order valence-corrected chi connectivity index (χ2v) is 11.6. The van der Waals surface area contributed by atoms with Gasteiger partial charge in [-0.15, -0.1) is 0 Å². The topological polar surface area (TPSA) is 210 Å². The SMILES string of the molecule is CC(=O)OC[C@@H](NC(=O)[C@@H](Cc1ccccc1)NC(=O)OC(C)(C)C)[C@H]1O[C@@H](n2cc(F)c(=O)[nH]c2=O)[C@H](OC(C)=O)[C@@H]1OC(C)=O. The standard InChI is InChI=1S/C30H37FN4O12/c1-15(36)43-14-21(32-26(40)20(12-18-10-8-7-9-11-18)33-29(42)47-30(4,5)6)22-23(44-16(2)37)24(45-17(3)38)27(46-22)35-13-19(31)25(39)34-28(35)41/h7-11,13,20-24,27H,12,14H2,1-6H3,(H,32,40)(H,33,42)(H,34,39,41)/t20-,21-,22-,23-,24-,27-/m1/s1. The number of hydrogen-bond acceptors (Lipinski definition) is 12. The number of benzene rings is 1. The fourth-order valence-corrected chi connectivity index (χ4v) is 4.72. The number of carbonyl (C=O) groups is 5. The molecular weight excluding hydrogens is 627 g/mol. The van der Waals surface area contributed by atoms with Crippen molar-refractivity contribution in [1.29, 1.82) is 0 Å². The van der Waals surface area contributed by atoms with Gasteiger partial charge in [0.2, 0.25) is 11.7 Å². The van der Waals surface area contributed by atoms with E-state index in [2.05, 4.69) is 10.6 Å². The minimum atomic E-state index is -1.70. The lowest BCUT2D eigenvalue weighted by molar-refractivity contribution is -0.166. The summed E-state index contributed by atoms with van der Waals surface area (Å²) >= 11 is 0. The molecule has 0 unspecified atom stereocenters. The van der Waals surface area contributed by atoms with E-state index >= 15 is 0 Å². The van der Waals surface area contributed by atoms with Crippen LogP contribution >= 0.6 is 0 Å². The van der Waals surface area contributed by atoms with Gasteiger partial charge in [0.15, 0.2) is 18.4 Å². The van der Waals surface area contributed by atoms with E-state index in [4.69, 9.17) is 23.7 Å². The van der Waals surface area contributed by atoms with E-state index in [1.807, 2.05) is 0 Å². The number of ether oxygens (including phenoxy) is 5. The molecule has 0 aliphatic carbocycles. The van der Waals surface area contributed by atoms with E-state index < -0.39 is 95.8 Å². The summed E-state index contributed by atoms with van der Waals surface area (Å²) in [7, 11) is 0. The van der Waals surface area contributed by atoms with Crippen molar-refractivity contribution in [2.24, 2.45) is 0 Å². The minimum absolute atomic E-state index is 0.0180. The third kappa shape index (κ3) is 10.5. The highest BCUT2D eigenvalue weighted by molar-refractivity contribution is 5.86. The number of carbonyl (C=O) groups excluding carboxylic acids is 5. The predicted molar refractivity (Wildman–Crippen MR) is 158 cm³/mol. The quantitative estimate of drug-likeness (QED) is 0.223. The first kappa shape index (κ1) is 36.4. The van der Waals surface area contributed by atoms with E-state index in [9.17, 15) is 38.0 Å². The molecule has 17 heteroatoms. The molecule has 6 atom stereocenters. The Labute approximate surface area is 267 Å². The number of halogens is 1. The van der Waals surface area contributed by atoms with E-state index in [0.717, 1.165) is 20.8 Å². The number of H-pyrrole nitrogens is 1. The van der Waals surface area contributed by atoms with Crippen LogP contribution in [0.2, 0.25) is 0 Å². The van der Waals surface area contributed by atoms with E-state index in [1.54, 1.807) is 56.1 Å². The number of rotatable bonds is 11. The number of esters is 3. The molecule has 16 nitrogen and oxygen atoms in total. The lowest BCUT2D eigenvalue weighted by atomic mass is 10.0. The van der Waals surface area contributed by atoms with Crippen molar-refractivity contribution >= 4 is 29.9 Å². The third-order valence-electron chi connectivity index (χ3n) is 6.51. The fourth-order valence-electron chi connectivity index (χ4n) is 4.72. The van der Waals surface area contributed by atoms with Gasteiger partial charge in [-0.1, -0.05) is 30.3 Å². The molecular formula is C30H37FN4O12. The van der Waals surface area contributed by atoms with Crippen molar-refractivity contribution in [2.75, 3.05) is 6.61 Å². The third-order valence-corrected chi connectivity index (χ3v) is 6.51. The van der Waals surface area contributed by atoms with E-state index in [-0.39, 0.29) is 6.42 Å². The zero-order chi connectivity index (χ0) is 35.1. The zero-order valence-corrected chi connectivity index (χ0v) is 26.6. The lowest BCUT2D eigenvalue weighted by Gasteiger charge is -2.30. The Kier molecular flexibility index (Phi) is 12.0. The molecule has 0 saturated carbocycles. The minimum Gasteiger partial charge on any atom is -0.464 e. The van der Waals surface area contributed by atoms with Crippen molar-refractivity contribution < 1.29 is 52.0 Å². The van der Waals surface area contributed by atoms with Gasteiger partial charge in [-0.2, -0.15) is 4.39 Å². The van der Waals surface area contributed by atoms with E-state index in [0.29, 0.717) is 16.3 Å². The summed E-state index contributed by atoms with van der Waals surface area (Å²) in [5.74, 6) is -4.78. The maximum Gasteiger partial charge on any atom is 0.408 e. The molecule has 0 spiro atoms. The monoisotopic (exact) mass is 664 g/mol. The summed E-state index contributed by atoms with van der Waals surface area (Å²) in [5.41, 5.74) is -2.73. The van der Waals surface area contributed by atoms with Crippen LogP contribution in [0.3, 0.4) is 0 Å². The first-order chi connectivity index (χ1) is 21.9. The number of nitrogens with zero attached hydrogens (tertiary/aromatic N) is 1. The highest BCUT2D eigenvalue weighted by Gasteiger charge is 2.54. The van der Waals surface area contributed by atoms with Gasteiger partial charge in [0, 0.05) is 27.2 Å². The largest absolute Gasteiger partial charge is 0.464 e. The predicted octanol–water partition coefficient (Wildman–Crippen LogP) is 0.620. The highest BCUT2D eigenvalue weighted by atomic mass is 19.1. The Hall–Kier alpha value is -5.06. The molecule has 2 amide bonds. The zero-order valence-electron chi connectivity index (χ0n) is 26.6. The van der Waals surface area contributed by atoms with Gasteiger partial charge in [-0.3, -0.25) is 33.5 Å². The van der Waals surface area contributed by atoms with Gasteiger partial charge in [-0.05, 0) is 26.3 Å². The smallest absolute Gasteiger partial charge is 0.408 e. The van der Waals surface area contributed by atoms with Gasteiger partial charge in [0.1, 0.15) is 24.4 Å². The van der Waals surface area contributed by atoms with Gasteiger partial charge < -0.3 is 34.3 Å². The number of amides is 2. The van der Waals surface area contributed by atoms with Crippen LogP contribution in [0.25, 0.3) is 0 Å². The molecule has 2 heterocycles. The maximum absolute atomic E-state index is 14.3. The molecule has 0 bridgehead atoms. The number of alkyl carbamates (subject to hydrolysis) is 1. The van der Waals surface area contributed by atoms with Crippen LogP contribution in [-0.2, 0) is 49.3 Å². The van der Waals surface area contributed by atoms with Crippen molar-refractivity contribution in [2.45, 2.75) is 90.2 Å². The molecule has 1 saturated heterocycles. The van der Waals surface area contributed by atoms with E-state index in [1.165, 1.54) is 0 Å². The number of hydrogen-bond donors (Lipinski definition) is 3. The van der Waals surface area contributed by atoms with Gasteiger partial charge in [0.25, 0.3) is 5.56 Å². The molecule has 2 aromatic rings. The molecule has 1 aliphatic heterocycles. The summed E-state index contributed by atoms with van der Waals surface area (Å²) in [6.07, 6.45) is -6.83. The first-order valence-electron chi connectivity index (χ1n) is 14.4. The number of aromatic amines is 1. The summed E-state index contributed by atoms with van der Waals surface area (Å²) < 4.78 is 42.1. The Morgan fingerprint density at radius 1 is 0.957 bits per heavy atom. The van der Waals surface area contributed by atoms with Crippen LogP contribution in [0, 0.1) is 5.82 Å². The second-order valence-electron chi connectivity index (χ2n) is 11.6. The molecule has 1 aromatic carbocycles. The molecule has 1 fully saturated rings. The summed E-state index contributed by atoms with van der Waals surface area (Å²) in [4.78, 5) is 88.9. The Morgan fingerprint density at radius 2 is 1.57 bits per heavy atom. The normalized spacial score (nSPS) is 20.3. The summed E-state index contributed by atoms with van der Waals surface area (Å²) in [6, 6.07) is 6.01. The average molecular weight is 665 g/mol. The molecule has 3 N–H and O–H groups in total. The van der Waals surface area contributed by atoms with Crippen LogP contribution in [0.1, 0.15) is 53.3 Å². The van der Waals surface area contributed by atoms with Crippen LogP contribution < -0.4 is 21.9 Å². The van der Waals surface area contributed by atoms with Gasteiger partial charge in [0.05, 0.1) is 12.2 Å². The summed E-state index contributed by atoms with van der Waals surface area (Å²) in [5, 5.41) is 5.14. The first-order valence-corrected chi connectivity index (χ1v) is 14.4. The molecule has 1 aliphatic rings. The van der Waals surface area contributed by atoms with Crippen LogP contribution in [0.5, 0.6) is 0 Å². The fraction of sp³-hybridized carbons (Fsp3) is 0.500. The molecule has 256 valence electrons. The Bertz CT molecular complexity index is 1590. The molecule has 3 rings (SSSR count). The van der Waals surface area contributed by atoms with Crippen LogP contribution in [-0.4, -0.2) is 82.1 Å². The van der Waals surface area contributed by atoms with Gasteiger partial charge >= 0.3 is 29.7 Å². The number of nitrogens with one attached hydrogen (secondary N) is 3. The molecule has 1 aromatic heterocycles. The Morgan fingerprint density at radius 3 is 2.15 bits per heavy atom. The second kappa shape index (κ2) is 15.5.